The first-order valence-corrected chi connectivity index (χ1v) is 8.17. The van der Waals surface area contributed by atoms with E-state index < -0.39 is 5.97 Å². The molecule has 0 aliphatic carbocycles. The molecule has 1 saturated heterocycles. The first-order chi connectivity index (χ1) is 12.1. The molecule has 0 bridgehead atoms. The summed E-state index contributed by atoms with van der Waals surface area (Å²) in [6.45, 7) is 2.80. The van der Waals surface area contributed by atoms with E-state index in [1.54, 1.807) is 29.2 Å². The van der Waals surface area contributed by atoms with Crippen LogP contribution < -0.4 is 4.90 Å². The molecule has 1 fully saturated rings. The zero-order valence-electron chi connectivity index (χ0n) is 13.8. The summed E-state index contributed by atoms with van der Waals surface area (Å²) in [7, 11) is 0. The molecule has 130 valence electrons. The molecule has 1 aliphatic heterocycles. The van der Waals surface area contributed by atoms with Crippen LogP contribution in [0.3, 0.4) is 0 Å². The number of hydrogen-bond donors (Lipinski definition) is 1. The fourth-order valence-corrected chi connectivity index (χ4v) is 2.77. The zero-order chi connectivity index (χ0) is 17.6. The number of rotatable bonds is 4. The zero-order valence-corrected chi connectivity index (χ0v) is 13.8. The Kier molecular flexibility index (Phi) is 5.18. The maximum Gasteiger partial charge on any atom is 0.410 e. The summed E-state index contributed by atoms with van der Waals surface area (Å²) in [4.78, 5) is 26.9. The van der Waals surface area contributed by atoms with E-state index in [1.807, 2.05) is 30.3 Å². The first kappa shape index (κ1) is 16.8. The van der Waals surface area contributed by atoms with E-state index in [9.17, 15) is 9.59 Å². The van der Waals surface area contributed by atoms with E-state index in [-0.39, 0.29) is 18.3 Å². The molecule has 0 aromatic heterocycles. The number of amides is 1. The molecule has 1 amide bonds. The minimum Gasteiger partial charge on any atom is -0.478 e. The predicted octanol–water partition coefficient (Wildman–Crippen LogP) is 2.84. The molecule has 2 aromatic rings. The van der Waals surface area contributed by atoms with Gasteiger partial charge >= 0.3 is 12.1 Å². The molecule has 1 aliphatic rings. The van der Waals surface area contributed by atoms with Crippen LogP contribution >= 0.6 is 0 Å². The number of ether oxygens (including phenoxy) is 1. The van der Waals surface area contributed by atoms with Gasteiger partial charge in [-0.05, 0) is 29.8 Å². The van der Waals surface area contributed by atoms with Gasteiger partial charge in [0, 0.05) is 31.9 Å². The Bertz CT molecular complexity index is 723. The third-order valence-electron chi connectivity index (χ3n) is 4.22. The third-order valence-corrected chi connectivity index (χ3v) is 4.22. The Morgan fingerprint density at radius 2 is 1.56 bits per heavy atom. The molecule has 2 aromatic carbocycles. The minimum absolute atomic E-state index is 0.270. The molecule has 0 radical (unpaired) electrons. The van der Waals surface area contributed by atoms with Crippen molar-refractivity contribution in [3.63, 3.8) is 0 Å². The van der Waals surface area contributed by atoms with E-state index in [4.69, 9.17) is 9.84 Å². The molecule has 6 nitrogen and oxygen atoms in total. The summed E-state index contributed by atoms with van der Waals surface area (Å²) in [5.74, 6) is -0.933. The highest BCUT2D eigenvalue weighted by Gasteiger charge is 2.22. The average molecular weight is 340 g/mol. The number of anilines is 1. The number of benzene rings is 2. The average Bonchev–Trinajstić information content (AvgIpc) is 2.67. The maximum absolute atomic E-state index is 12.2. The lowest BCUT2D eigenvalue weighted by molar-refractivity contribution is 0.0696. The van der Waals surface area contributed by atoms with Crippen molar-refractivity contribution in [1.82, 2.24) is 4.90 Å². The van der Waals surface area contributed by atoms with Crippen molar-refractivity contribution >= 4 is 17.7 Å². The van der Waals surface area contributed by atoms with Gasteiger partial charge < -0.3 is 19.6 Å². The summed E-state index contributed by atoms with van der Waals surface area (Å²) < 4.78 is 5.35. The Morgan fingerprint density at radius 1 is 0.920 bits per heavy atom. The highest BCUT2D eigenvalue weighted by Crippen LogP contribution is 2.18. The third kappa shape index (κ3) is 4.29. The summed E-state index contributed by atoms with van der Waals surface area (Å²) in [5.41, 5.74) is 2.20. The van der Waals surface area contributed by atoms with E-state index in [0.717, 1.165) is 11.3 Å². The van der Waals surface area contributed by atoms with Crippen molar-refractivity contribution in [2.75, 3.05) is 31.1 Å². The van der Waals surface area contributed by atoms with Gasteiger partial charge in [-0.25, -0.2) is 9.59 Å². The van der Waals surface area contributed by atoms with Gasteiger partial charge in [0.2, 0.25) is 0 Å². The van der Waals surface area contributed by atoms with Crippen molar-refractivity contribution in [2.24, 2.45) is 0 Å². The van der Waals surface area contributed by atoms with Crippen LogP contribution in [-0.4, -0.2) is 48.2 Å². The van der Waals surface area contributed by atoms with Crippen LogP contribution in [-0.2, 0) is 11.3 Å². The normalized spacial score (nSPS) is 14.2. The van der Waals surface area contributed by atoms with E-state index in [1.165, 1.54) is 0 Å². The van der Waals surface area contributed by atoms with Crippen molar-refractivity contribution in [3.05, 3.63) is 65.7 Å². The summed E-state index contributed by atoms with van der Waals surface area (Å²) in [6.07, 6.45) is -0.301. The van der Waals surface area contributed by atoms with Crippen molar-refractivity contribution in [1.29, 1.82) is 0 Å². The Hall–Kier alpha value is -3.02. The van der Waals surface area contributed by atoms with Crippen molar-refractivity contribution in [2.45, 2.75) is 6.61 Å². The Labute approximate surface area is 146 Å². The van der Waals surface area contributed by atoms with E-state index in [0.29, 0.717) is 26.2 Å². The van der Waals surface area contributed by atoms with Crippen LogP contribution in [0.15, 0.2) is 54.6 Å². The quantitative estimate of drug-likeness (QED) is 0.927. The molecule has 1 N–H and O–H groups in total. The Morgan fingerprint density at radius 3 is 2.16 bits per heavy atom. The van der Waals surface area contributed by atoms with Gasteiger partial charge in [-0.1, -0.05) is 30.3 Å². The second-order valence-electron chi connectivity index (χ2n) is 5.87. The number of carbonyl (C=O) groups is 2. The molecule has 6 heteroatoms. The van der Waals surface area contributed by atoms with Gasteiger partial charge in [0.25, 0.3) is 0 Å². The molecular weight excluding hydrogens is 320 g/mol. The number of piperazine rings is 1. The fraction of sp³-hybridized carbons (Fsp3) is 0.263. The van der Waals surface area contributed by atoms with Crippen LogP contribution in [0.4, 0.5) is 10.5 Å². The summed E-state index contributed by atoms with van der Waals surface area (Å²) >= 11 is 0. The van der Waals surface area contributed by atoms with Gasteiger partial charge in [0.15, 0.2) is 0 Å². The minimum atomic E-state index is -0.933. The molecule has 3 rings (SSSR count). The summed E-state index contributed by atoms with van der Waals surface area (Å²) in [6, 6.07) is 16.4. The number of carbonyl (C=O) groups excluding carboxylic acids is 1. The van der Waals surface area contributed by atoms with Gasteiger partial charge in [-0.2, -0.15) is 0 Å². The number of carboxylic acid groups (broad SMARTS) is 1. The van der Waals surface area contributed by atoms with Gasteiger partial charge in [-0.15, -0.1) is 0 Å². The number of carboxylic acids is 1. The topological polar surface area (TPSA) is 70.1 Å². The SMILES string of the molecule is O=C(O)c1ccc(N2CCN(C(=O)OCc3ccccc3)CC2)cc1. The predicted molar refractivity (Wildman–Crippen MR) is 93.8 cm³/mol. The molecule has 0 atom stereocenters. The number of nitrogens with zero attached hydrogens (tertiary/aromatic N) is 2. The van der Waals surface area contributed by atoms with Crippen LogP contribution in [0.5, 0.6) is 0 Å². The number of aromatic carboxylic acids is 1. The maximum atomic E-state index is 12.2. The van der Waals surface area contributed by atoms with Crippen LogP contribution in [0, 0.1) is 0 Å². The van der Waals surface area contributed by atoms with Crippen LogP contribution in [0.1, 0.15) is 15.9 Å². The van der Waals surface area contributed by atoms with Crippen molar-refractivity contribution in [3.8, 4) is 0 Å². The lowest BCUT2D eigenvalue weighted by Crippen LogP contribution is -2.48. The highest BCUT2D eigenvalue weighted by atomic mass is 16.6. The Balaban J connectivity index is 1.49. The molecule has 25 heavy (non-hydrogen) atoms. The number of hydrogen-bond acceptors (Lipinski definition) is 4. The van der Waals surface area contributed by atoms with Gasteiger partial charge in [0.05, 0.1) is 5.56 Å². The summed E-state index contributed by atoms with van der Waals surface area (Å²) in [5, 5.41) is 8.94. The lowest BCUT2D eigenvalue weighted by Gasteiger charge is -2.35. The first-order valence-electron chi connectivity index (χ1n) is 8.17. The monoisotopic (exact) mass is 340 g/mol. The largest absolute Gasteiger partial charge is 0.478 e. The van der Waals surface area contributed by atoms with E-state index >= 15 is 0 Å². The molecule has 0 spiro atoms. The van der Waals surface area contributed by atoms with Crippen molar-refractivity contribution < 1.29 is 19.4 Å². The van der Waals surface area contributed by atoms with Crippen LogP contribution in [0.25, 0.3) is 0 Å². The second-order valence-corrected chi connectivity index (χ2v) is 5.87. The highest BCUT2D eigenvalue weighted by molar-refractivity contribution is 5.88. The van der Waals surface area contributed by atoms with Gasteiger partial charge in [-0.3, -0.25) is 0 Å². The second kappa shape index (κ2) is 7.70. The smallest absolute Gasteiger partial charge is 0.410 e. The molecular formula is C19H20N2O4. The molecule has 0 unspecified atom stereocenters. The van der Waals surface area contributed by atoms with Crippen LogP contribution in [0.2, 0.25) is 0 Å². The molecule has 0 saturated carbocycles. The van der Waals surface area contributed by atoms with E-state index in [2.05, 4.69) is 4.90 Å². The molecule has 1 heterocycles. The lowest BCUT2D eigenvalue weighted by atomic mass is 10.2. The fourth-order valence-electron chi connectivity index (χ4n) is 2.77. The standard InChI is InChI=1S/C19H20N2O4/c22-18(23)16-6-8-17(9-7-16)20-10-12-21(13-11-20)19(24)25-14-15-4-2-1-3-5-15/h1-9H,10-14H2,(H,22,23). The van der Waals surface area contributed by atoms with Gasteiger partial charge in [0.1, 0.15) is 6.61 Å².